The van der Waals surface area contributed by atoms with Crippen LogP contribution in [0.15, 0.2) is 24.3 Å². The summed E-state index contributed by atoms with van der Waals surface area (Å²) < 4.78 is 5.52. The molecule has 1 fully saturated rings. The van der Waals surface area contributed by atoms with Gasteiger partial charge in [-0.05, 0) is 43.0 Å². The van der Waals surface area contributed by atoms with E-state index in [1.165, 1.54) is 12.8 Å². The van der Waals surface area contributed by atoms with Gasteiger partial charge in [0.25, 0.3) is 0 Å². The van der Waals surface area contributed by atoms with Crippen molar-refractivity contribution >= 4 is 17.6 Å². The zero-order valence-corrected chi connectivity index (χ0v) is 13.2. The number of benzene rings is 1. The second-order valence-electron chi connectivity index (χ2n) is 5.67. The third-order valence-corrected chi connectivity index (χ3v) is 3.99. The van der Waals surface area contributed by atoms with E-state index >= 15 is 0 Å². The fourth-order valence-electron chi connectivity index (χ4n) is 2.67. The Kier molecular flexibility index (Phi) is 6.18. The van der Waals surface area contributed by atoms with Gasteiger partial charge in [0.2, 0.25) is 0 Å². The number of nitrogens with one attached hydrogen (secondary N) is 2. The Labute approximate surface area is 131 Å². The molecule has 0 aliphatic heterocycles. The van der Waals surface area contributed by atoms with Gasteiger partial charge in [0.1, 0.15) is 12.4 Å². The van der Waals surface area contributed by atoms with Crippen molar-refractivity contribution < 1.29 is 9.53 Å². The Hall–Kier alpha value is -1.42. The number of urea groups is 1. The molecule has 0 heterocycles. The molecule has 21 heavy (non-hydrogen) atoms. The molecular formula is C16H23ClN2O2. The van der Waals surface area contributed by atoms with Crippen molar-refractivity contribution in [2.75, 3.05) is 13.2 Å². The molecule has 0 aromatic heterocycles. The van der Waals surface area contributed by atoms with Crippen LogP contribution < -0.4 is 15.4 Å². The lowest BCUT2D eigenvalue weighted by atomic mass is 9.87. The maximum Gasteiger partial charge on any atom is 0.315 e. The van der Waals surface area contributed by atoms with Crippen LogP contribution in [0.2, 0.25) is 5.02 Å². The zero-order valence-electron chi connectivity index (χ0n) is 12.4. The summed E-state index contributed by atoms with van der Waals surface area (Å²) in [5.74, 6) is 1.46. The van der Waals surface area contributed by atoms with Crippen molar-refractivity contribution in [3.63, 3.8) is 0 Å². The van der Waals surface area contributed by atoms with Gasteiger partial charge in [0.15, 0.2) is 0 Å². The SMILES string of the molecule is CC1CCCC(NC(=O)NCCOc2ccc(Cl)cc2)C1. The van der Waals surface area contributed by atoms with E-state index in [-0.39, 0.29) is 6.03 Å². The Morgan fingerprint density at radius 3 is 2.81 bits per heavy atom. The van der Waals surface area contributed by atoms with E-state index in [1.807, 2.05) is 12.1 Å². The second-order valence-corrected chi connectivity index (χ2v) is 6.11. The van der Waals surface area contributed by atoms with Crippen LogP contribution in [-0.2, 0) is 0 Å². The molecule has 116 valence electrons. The minimum atomic E-state index is -0.103. The van der Waals surface area contributed by atoms with Crippen LogP contribution in [0.1, 0.15) is 32.6 Å². The van der Waals surface area contributed by atoms with Crippen molar-refractivity contribution in [2.45, 2.75) is 38.6 Å². The zero-order chi connectivity index (χ0) is 15.1. The molecule has 1 aromatic rings. The highest BCUT2D eigenvalue weighted by Crippen LogP contribution is 2.23. The van der Waals surface area contributed by atoms with E-state index in [9.17, 15) is 4.79 Å². The maximum atomic E-state index is 11.8. The Morgan fingerprint density at radius 1 is 1.33 bits per heavy atom. The number of halogens is 1. The van der Waals surface area contributed by atoms with Crippen LogP contribution in [0.5, 0.6) is 5.75 Å². The first-order chi connectivity index (χ1) is 10.1. The molecule has 1 saturated carbocycles. The monoisotopic (exact) mass is 310 g/mol. The van der Waals surface area contributed by atoms with Crippen molar-refractivity contribution in [3.8, 4) is 5.75 Å². The summed E-state index contributed by atoms with van der Waals surface area (Å²) in [5.41, 5.74) is 0. The number of ether oxygens (including phenoxy) is 1. The molecule has 2 N–H and O–H groups in total. The molecule has 2 amide bonds. The van der Waals surface area contributed by atoms with Gasteiger partial charge in [-0.3, -0.25) is 0 Å². The smallest absolute Gasteiger partial charge is 0.315 e. The van der Waals surface area contributed by atoms with Crippen LogP contribution in [0, 0.1) is 5.92 Å². The second kappa shape index (κ2) is 8.13. The minimum absolute atomic E-state index is 0.103. The van der Waals surface area contributed by atoms with E-state index in [0.29, 0.717) is 30.1 Å². The molecule has 0 spiro atoms. The minimum Gasteiger partial charge on any atom is -0.492 e. The summed E-state index contributed by atoms with van der Waals surface area (Å²) in [6, 6.07) is 7.39. The van der Waals surface area contributed by atoms with Gasteiger partial charge in [-0.1, -0.05) is 31.4 Å². The average Bonchev–Trinajstić information content (AvgIpc) is 2.45. The van der Waals surface area contributed by atoms with Gasteiger partial charge in [-0.25, -0.2) is 4.79 Å². The molecule has 1 aliphatic rings. The highest BCUT2D eigenvalue weighted by Gasteiger charge is 2.19. The van der Waals surface area contributed by atoms with Gasteiger partial charge < -0.3 is 15.4 Å². The van der Waals surface area contributed by atoms with Crippen LogP contribution in [0.4, 0.5) is 4.79 Å². The van der Waals surface area contributed by atoms with Crippen molar-refractivity contribution in [2.24, 2.45) is 5.92 Å². The molecule has 1 aliphatic carbocycles. The number of rotatable bonds is 5. The molecule has 0 radical (unpaired) electrons. The molecule has 0 saturated heterocycles. The topological polar surface area (TPSA) is 50.4 Å². The van der Waals surface area contributed by atoms with Crippen LogP contribution in [0.3, 0.4) is 0 Å². The van der Waals surface area contributed by atoms with E-state index in [1.54, 1.807) is 12.1 Å². The normalized spacial score (nSPS) is 21.6. The molecule has 1 aromatic carbocycles. The lowest BCUT2D eigenvalue weighted by molar-refractivity contribution is 0.224. The first-order valence-corrected chi connectivity index (χ1v) is 7.94. The lowest BCUT2D eigenvalue weighted by Gasteiger charge is -2.27. The Bertz CT molecular complexity index is 450. The first-order valence-electron chi connectivity index (χ1n) is 7.56. The molecular weight excluding hydrogens is 288 g/mol. The van der Waals surface area contributed by atoms with Gasteiger partial charge in [0.05, 0.1) is 6.54 Å². The van der Waals surface area contributed by atoms with Crippen molar-refractivity contribution in [1.29, 1.82) is 0 Å². The van der Waals surface area contributed by atoms with E-state index in [4.69, 9.17) is 16.3 Å². The summed E-state index contributed by atoms with van der Waals surface area (Å²) in [5, 5.41) is 6.54. The molecule has 0 bridgehead atoms. The maximum absolute atomic E-state index is 11.8. The fraction of sp³-hybridized carbons (Fsp3) is 0.562. The third kappa shape index (κ3) is 5.84. The third-order valence-electron chi connectivity index (χ3n) is 3.74. The highest BCUT2D eigenvalue weighted by molar-refractivity contribution is 6.30. The van der Waals surface area contributed by atoms with Crippen molar-refractivity contribution in [1.82, 2.24) is 10.6 Å². The number of hydrogen-bond donors (Lipinski definition) is 2. The standard InChI is InChI=1S/C16H23ClN2O2/c1-12-3-2-4-14(11-12)19-16(20)18-9-10-21-15-7-5-13(17)6-8-15/h5-8,12,14H,2-4,9-11H2,1H3,(H2,18,19,20). The number of hydrogen-bond acceptors (Lipinski definition) is 2. The Morgan fingerprint density at radius 2 is 2.10 bits per heavy atom. The number of carbonyl (C=O) groups excluding carboxylic acids is 1. The molecule has 2 atom stereocenters. The van der Waals surface area contributed by atoms with E-state index in [0.717, 1.165) is 18.6 Å². The molecule has 2 unspecified atom stereocenters. The van der Waals surface area contributed by atoms with Crippen LogP contribution >= 0.6 is 11.6 Å². The molecule has 4 nitrogen and oxygen atoms in total. The first kappa shape index (κ1) is 16.0. The van der Waals surface area contributed by atoms with Crippen molar-refractivity contribution in [3.05, 3.63) is 29.3 Å². The number of amides is 2. The lowest BCUT2D eigenvalue weighted by Crippen LogP contribution is -2.44. The van der Waals surface area contributed by atoms with Gasteiger partial charge in [-0.2, -0.15) is 0 Å². The van der Waals surface area contributed by atoms with E-state index in [2.05, 4.69) is 17.6 Å². The summed E-state index contributed by atoms with van der Waals surface area (Å²) in [7, 11) is 0. The average molecular weight is 311 g/mol. The predicted octanol–water partition coefficient (Wildman–Crippen LogP) is 3.60. The Balaban J connectivity index is 1.59. The van der Waals surface area contributed by atoms with Gasteiger partial charge >= 0.3 is 6.03 Å². The van der Waals surface area contributed by atoms with Crippen LogP contribution in [0.25, 0.3) is 0 Å². The summed E-state index contributed by atoms with van der Waals surface area (Å²) in [6.45, 7) is 3.17. The van der Waals surface area contributed by atoms with E-state index < -0.39 is 0 Å². The van der Waals surface area contributed by atoms with Crippen LogP contribution in [-0.4, -0.2) is 25.2 Å². The fourth-order valence-corrected chi connectivity index (χ4v) is 2.79. The number of carbonyl (C=O) groups is 1. The summed E-state index contributed by atoms with van der Waals surface area (Å²) in [6.07, 6.45) is 4.63. The quantitative estimate of drug-likeness (QED) is 0.816. The molecule has 2 rings (SSSR count). The highest BCUT2D eigenvalue weighted by atomic mass is 35.5. The largest absolute Gasteiger partial charge is 0.492 e. The predicted molar refractivity (Wildman–Crippen MR) is 84.9 cm³/mol. The summed E-state index contributed by atoms with van der Waals surface area (Å²) in [4.78, 5) is 11.8. The van der Waals surface area contributed by atoms with Gasteiger partial charge in [0, 0.05) is 11.1 Å². The molecule has 5 heteroatoms. The summed E-state index contributed by atoms with van der Waals surface area (Å²) >= 11 is 5.80. The van der Waals surface area contributed by atoms with Gasteiger partial charge in [-0.15, -0.1) is 0 Å².